The highest BCUT2D eigenvalue weighted by atomic mass is 28.1. The quantitative estimate of drug-likeness (QED) is 0.401. The normalized spacial score (nSPS) is 11.6. The van der Waals surface area contributed by atoms with Crippen LogP contribution in [0.15, 0.2) is 12.7 Å². The number of allylic oxidation sites excluding steroid dienone is 1. The molecule has 0 aliphatic carbocycles. The van der Waals surface area contributed by atoms with Gasteiger partial charge >= 0.3 is 0 Å². The molecule has 1 heteroatoms. The molecule has 0 heterocycles. The maximum Gasteiger partial charge on any atom is 0.0317 e. The Bertz CT molecular complexity index is 121. The average Bonchev–Trinajstić information content (AvgIpc) is 2.12. The molecule has 0 rings (SSSR count). The van der Waals surface area contributed by atoms with Crippen LogP contribution in [-0.4, -0.2) is 10.2 Å². The van der Waals surface area contributed by atoms with Crippen LogP contribution in [0.25, 0.3) is 0 Å². The van der Waals surface area contributed by atoms with Crippen molar-refractivity contribution in [3.63, 3.8) is 0 Å². The fourth-order valence-electron chi connectivity index (χ4n) is 1.64. The topological polar surface area (TPSA) is 0 Å². The van der Waals surface area contributed by atoms with Crippen LogP contribution in [0.1, 0.15) is 58.8 Å². The van der Waals surface area contributed by atoms with Crippen molar-refractivity contribution in [2.75, 3.05) is 0 Å². The van der Waals surface area contributed by atoms with Crippen molar-refractivity contribution in [3.8, 4) is 0 Å². The molecule has 3 radical (unpaired) electrons. The molecule has 0 N–H and O–H groups in total. The molecule has 13 heavy (non-hydrogen) atoms. The van der Waals surface area contributed by atoms with E-state index >= 15 is 0 Å². The zero-order chi connectivity index (χ0) is 10.2. The summed E-state index contributed by atoms with van der Waals surface area (Å²) in [4.78, 5) is 0. The third kappa shape index (κ3) is 6.09. The first-order valence-corrected chi connectivity index (χ1v) is 6.04. The minimum Gasteiger partial charge on any atom is -0.103 e. The fraction of sp³-hybridized carbons (Fsp3) is 0.833. The molecule has 0 aromatic carbocycles. The molecule has 0 fully saturated rings. The van der Waals surface area contributed by atoms with Gasteiger partial charge in [-0.1, -0.05) is 58.4 Å². The van der Waals surface area contributed by atoms with Gasteiger partial charge in [-0.3, -0.25) is 0 Å². The molecule has 0 aliphatic heterocycles. The molecular weight excluding hydrogens is 172 g/mol. The Morgan fingerprint density at radius 2 is 1.62 bits per heavy atom. The molecule has 0 atom stereocenters. The van der Waals surface area contributed by atoms with E-state index in [1.165, 1.54) is 38.5 Å². The molecule has 0 nitrogen and oxygen atoms in total. The highest BCUT2D eigenvalue weighted by Crippen LogP contribution is 2.38. The monoisotopic (exact) mass is 195 g/mol. The van der Waals surface area contributed by atoms with Crippen LogP contribution in [0, 0.1) is 0 Å². The van der Waals surface area contributed by atoms with Gasteiger partial charge in [-0.05, 0) is 11.5 Å². The minimum atomic E-state index is 0.341. The zero-order valence-electron chi connectivity index (χ0n) is 9.23. The second-order valence-corrected chi connectivity index (χ2v) is 5.04. The summed E-state index contributed by atoms with van der Waals surface area (Å²) >= 11 is 0. The van der Waals surface area contributed by atoms with E-state index in [1.807, 2.05) is 6.08 Å². The van der Waals surface area contributed by atoms with E-state index in [2.05, 4.69) is 30.7 Å². The van der Waals surface area contributed by atoms with Crippen LogP contribution in [0.3, 0.4) is 0 Å². The predicted molar refractivity (Wildman–Crippen MR) is 62.3 cm³/mol. The van der Waals surface area contributed by atoms with Gasteiger partial charge in [0, 0.05) is 10.2 Å². The lowest BCUT2D eigenvalue weighted by Gasteiger charge is -2.28. The first kappa shape index (κ1) is 13.0. The van der Waals surface area contributed by atoms with Gasteiger partial charge in [0.05, 0.1) is 0 Å². The Morgan fingerprint density at radius 3 is 1.92 bits per heavy atom. The van der Waals surface area contributed by atoms with Gasteiger partial charge in [0.15, 0.2) is 0 Å². The molecule has 0 aromatic heterocycles. The summed E-state index contributed by atoms with van der Waals surface area (Å²) in [6, 6.07) is 0. The lowest BCUT2D eigenvalue weighted by atomic mass is 9.91. The smallest absolute Gasteiger partial charge is 0.0317 e. The number of hydrogen-bond donors (Lipinski definition) is 0. The van der Waals surface area contributed by atoms with Crippen molar-refractivity contribution in [1.82, 2.24) is 0 Å². The second-order valence-electron chi connectivity index (χ2n) is 3.98. The minimum absolute atomic E-state index is 0.341. The Kier molecular flexibility index (Phi) is 7.34. The summed E-state index contributed by atoms with van der Waals surface area (Å²) < 4.78 is 0. The highest BCUT2D eigenvalue weighted by Gasteiger charge is 2.20. The van der Waals surface area contributed by atoms with Crippen LogP contribution in [0.2, 0.25) is 5.04 Å². The highest BCUT2D eigenvalue weighted by molar-refractivity contribution is 6.15. The van der Waals surface area contributed by atoms with Gasteiger partial charge < -0.3 is 0 Å². The summed E-state index contributed by atoms with van der Waals surface area (Å²) in [6.07, 6.45) is 10.9. The van der Waals surface area contributed by atoms with Crippen LogP contribution in [-0.2, 0) is 0 Å². The van der Waals surface area contributed by atoms with Gasteiger partial charge in [-0.25, -0.2) is 0 Å². The van der Waals surface area contributed by atoms with E-state index in [9.17, 15) is 0 Å². The Balaban J connectivity index is 3.90. The molecule has 0 saturated heterocycles. The molecule has 0 amide bonds. The van der Waals surface area contributed by atoms with E-state index in [0.717, 1.165) is 6.42 Å². The average molecular weight is 195 g/mol. The largest absolute Gasteiger partial charge is 0.103 e. The maximum absolute atomic E-state index is 3.93. The van der Waals surface area contributed by atoms with E-state index in [4.69, 9.17) is 0 Å². The number of unbranched alkanes of at least 4 members (excludes halogenated alkanes) is 2. The Labute approximate surface area is 87.2 Å². The van der Waals surface area contributed by atoms with Crippen LogP contribution < -0.4 is 0 Å². The molecule has 0 bridgehead atoms. The molecule has 0 saturated carbocycles. The maximum atomic E-state index is 3.93. The number of rotatable bonds is 8. The summed E-state index contributed by atoms with van der Waals surface area (Å²) in [7, 11) is 3.93. The Morgan fingerprint density at radius 1 is 1.15 bits per heavy atom. The first-order valence-electron chi connectivity index (χ1n) is 5.54. The van der Waals surface area contributed by atoms with Crippen molar-refractivity contribution < 1.29 is 0 Å². The van der Waals surface area contributed by atoms with Crippen molar-refractivity contribution in [2.45, 2.75) is 63.8 Å². The molecule has 0 unspecified atom stereocenters. The summed E-state index contributed by atoms with van der Waals surface area (Å²) in [5, 5.41) is 0.341. The third-order valence-electron chi connectivity index (χ3n) is 2.55. The van der Waals surface area contributed by atoms with Gasteiger partial charge in [-0.2, -0.15) is 0 Å². The second kappa shape index (κ2) is 7.37. The SMILES string of the molecule is C=CCC([Si])(CCCC)CCCC. The third-order valence-corrected chi connectivity index (χ3v) is 3.26. The van der Waals surface area contributed by atoms with E-state index < -0.39 is 0 Å². The van der Waals surface area contributed by atoms with Crippen molar-refractivity contribution in [1.29, 1.82) is 0 Å². The van der Waals surface area contributed by atoms with Gasteiger partial charge in [-0.15, -0.1) is 6.58 Å². The fourth-order valence-corrected chi connectivity index (χ4v) is 2.13. The summed E-state index contributed by atoms with van der Waals surface area (Å²) in [5.41, 5.74) is 0. The molecule has 0 aliphatic rings. The van der Waals surface area contributed by atoms with Crippen LogP contribution >= 0.6 is 0 Å². The Hall–Kier alpha value is -0.0431. The lowest BCUT2D eigenvalue weighted by molar-refractivity contribution is 0.446. The van der Waals surface area contributed by atoms with Gasteiger partial charge in [0.25, 0.3) is 0 Å². The van der Waals surface area contributed by atoms with Crippen molar-refractivity contribution >= 4 is 10.2 Å². The first-order chi connectivity index (χ1) is 6.18. The van der Waals surface area contributed by atoms with Crippen molar-refractivity contribution in [2.24, 2.45) is 0 Å². The van der Waals surface area contributed by atoms with E-state index in [-0.39, 0.29) is 0 Å². The standard InChI is InChI=1S/C12H23Si/c1-4-7-10-12(13,9-6-3)11-8-5-2/h6H,3-5,7-11H2,1-2H3. The van der Waals surface area contributed by atoms with Crippen LogP contribution in [0.5, 0.6) is 0 Å². The van der Waals surface area contributed by atoms with Crippen LogP contribution in [0.4, 0.5) is 0 Å². The summed E-state index contributed by atoms with van der Waals surface area (Å²) in [6.45, 7) is 8.33. The van der Waals surface area contributed by atoms with Gasteiger partial charge in [0.2, 0.25) is 0 Å². The predicted octanol–water partition coefficient (Wildman–Crippen LogP) is 4.27. The van der Waals surface area contributed by atoms with Crippen molar-refractivity contribution in [3.05, 3.63) is 12.7 Å². The van der Waals surface area contributed by atoms with E-state index in [0.29, 0.717) is 5.04 Å². The summed E-state index contributed by atoms with van der Waals surface area (Å²) in [5.74, 6) is 0. The van der Waals surface area contributed by atoms with Gasteiger partial charge in [0.1, 0.15) is 0 Å². The number of hydrogen-bond acceptors (Lipinski definition) is 0. The molecule has 0 spiro atoms. The molecule has 0 aromatic rings. The zero-order valence-corrected chi connectivity index (χ0v) is 10.2. The molecular formula is C12H23Si. The molecule has 75 valence electrons. The van der Waals surface area contributed by atoms with E-state index in [1.54, 1.807) is 0 Å². The lowest BCUT2D eigenvalue weighted by Crippen LogP contribution is -2.12.